The molecule has 2 aromatic rings. The number of hydrogen-bond acceptors (Lipinski definition) is 4. The van der Waals surface area contributed by atoms with Crippen LogP contribution in [0.4, 0.5) is 5.69 Å². The van der Waals surface area contributed by atoms with E-state index in [1.54, 1.807) is 11.3 Å². The maximum atomic E-state index is 10.7. The molecule has 1 unspecified atom stereocenters. The Morgan fingerprint density at radius 3 is 2.68 bits per heavy atom. The van der Waals surface area contributed by atoms with Crippen LogP contribution < -0.4 is 15.5 Å². The Labute approximate surface area is 188 Å². The van der Waals surface area contributed by atoms with Gasteiger partial charge in [0.2, 0.25) is 0 Å². The first-order chi connectivity index (χ1) is 13.1. The fourth-order valence-corrected chi connectivity index (χ4v) is 3.77. The number of thiophene rings is 1. The first-order valence-corrected chi connectivity index (χ1v) is 10.2. The molecule has 1 aliphatic rings. The molecule has 0 saturated carbocycles. The second-order valence-electron chi connectivity index (χ2n) is 6.85. The smallest absolute Gasteiger partial charge is 0.191 e. The largest absolute Gasteiger partial charge is 0.383 e. The third kappa shape index (κ3) is 6.22. The Hall–Kier alpha value is -1.58. The average Bonchev–Trinajstić information content (AvgIpc) is 3.38. The average molecular weight is 512 g/mol. The molecule has 28 heavy (non-hydrogen) atoms. The van der Waals surface area contributed by atoms with Gasteiger partial charge < -0.3 is 20.6 Å². The van der Waals surface area contributed by atoms with Gasteiger partial charge in [0.25, 0.3) is 0 Å². The van der Waals surface area contributed by atoms with Crippen molar-refractivity contribution in [2.75, 3.05) is 31.1 Å². The van der Waals surface area contributed by atoms with Crippen LogP contribution in [0.1, 0.15) is 24.3 Å². The molecule has 0 aliphatic carbocycles. The molecule has 0 fully saturated rings. The molecule has 2 heterocycles. The summed E-state index contributed by atoms with van der Waals surface area (Å²) in [6.45, 7) is 7.55. The molecule has 3 N–H and O–H groups in total. The second-order valence-corrected chi connectivity index (χ2v) is 7.79. The topological polar surface area (TPSA) is 59.9 Å². The number of rotatable bonds is 7. The summed E-state index contributed by atoms with van der Waals surface area (Å²) in [4.78, 5) is 7.96. The molecule has 3 rings (SSSR count). The minimum atomic E-state index is -0.924. The summed E-state index contributed by atoms with van der Waals surface area (Å²) >= 11 is 1.56. The van der Waals surface area contributed by atoms with Crippen LogP contribution >= 0.6 is 35.3 Å². The van der Waals surface area contributed by atoms with Crippen molar-refractivity contribution < 1.29 is 5.11 Å². The van der Waals surface area contributed by atoms with Gasteiger partial charge in [-0.3, -0.25) is 0 Å². The highest BCUT2D eigenvalue weighted by molar-refractivity contribution is 14.0. The van der Waals surface area contributed by atoms with Crippen molar-refractivity contribution in [3.8, 4) is 0 Å². The van der Waals surface area contributed by atoms with E-state index in [0.29, 0.717) is 19.0 Å². The molecule has 7 heteroatoms. The van der Waals surface area contributed by atoms with Gasteiger partial charge in [0, 0.05) is 30.2 Å². The summed E-state index contributed by atoms with van der Waals surface area (Å²) in [5, 5.41) is 19.2. The van der Waals surface area contributed by atoms with Gasteiger partial charge in [-0.15, -0.1) is 35.3 Å². The van der Waals surface area contributed by atoms with Gasteiger partial charge in [-0.05, 0) is 43.0 Å². The number of nitrogens with zero attached hydrogens (tertiary/aromatic N) is 2. The Balaban J connectivity index is 0.00000280. The SMILES string of the molecule is CCNC(=NCc1cccc(N2CC=CC2)c1)NCC(C)(O)c1cccs1.I. The van der Waals surface area contributed by atoms with Crippen LogP contribution in [0.15, 0.2) is 58.9 Å². The van der Waals surface area contributed by atoms with E-state index in [1.807, 2.05) is 31.4 Å². The number of guanidine groups is 1. The fraction of sp³-hybridized carbons (Fsp3) is 0.381. The van der Waals surface area contributed by atoms with Gasteiger partial charge in [-0.25, -0.2) is 4.99 Å². The highest BCUT2D eigenvalue weighted by atomic mass is 127. The number of benzene rings is 1. The van der Waals surface area contributed by atoms with Crippen molar-refractivity contribution in [3.63, 3.8) is 0 Å². The van der Waals surface area contributed by atoms with Crippen molar-refractivity contribution in [2.45, 2.75) is 26.0 Å². The predicted octanol–water partition coefficient (Wildman–Crippen LogP) is 3.71. The van der Waals surface area contributed by atoms with Crippen LogP contribution in [0.2, 0.25) is 0 Å². The molecule has 0 spiro atoms. The van der Waals surface area contributed by atoms with E-state index in [1.165, 1.54) is 11.3 Å². The third-order valence-electron chi connectivity index (χ3n) is 4.51. The highest BCUT2D eigenvalue weighted by Gasteiger charge is 2.24. The molecule has 1 atom stereocenters. The summed E-state index contributed by atoms with van der Waals surface area (Å²) in [6.07, 6.45) is 4.38. The van der Waals surface area contributed by atoms with Crippen molar-refractivity contribution >= 4 is 47.0 Å². The fourth-order valence-electron chi connectivity index (χ4n) is 2.98. The van der Waals surface area contributed by atoms with E-state index < -0.39 is 5.60 Å². The Morgan fingerprint density at radius 1 is 1.21 bits per heavy atom. The summed E-state index contributed by atoms with van der Waals surface area (Å²) in [7, 11) is 0. The van der Waals surface area contributed by atoms with E-state index >= 15 is 0 Å². The lowest BCUT2D eigenvalue weighted by Crippen LogP contribution is -2.44. The lowest BCUT2D eigenvalue weighted by molar-refractivity contribution is 0.0655. The molecule has 0 bridgehead atoms. The number of nitrogens with one attached hydrogen (secondary N) is 2. The second kappa shape index (κ2) is 10.8. The Kier molecular flexibility index (Phi) is 8.78. The van der Waals surface area contributed by atoms with E-state index in [2.05, 4.69) is 56.9 Å². The molecule has 5 nitrogen and oxygen atoms in total. The van der Waals surface area contributed by atoms with Gasteiger partial charge >= 0.3 is 0 Å². The maximum Gasteiger partial charge on any atom is 0.191 e. The van der Waals surface area contributed by atoms with Crippen molar-refractivity contribution in [2.24, 2.45) is 4.99 Å². The van der Waals surface area contributed by atoms with Crippen LogP contribution in [0.3, 0.4) is 0 Å². The first kappa shape index (κ1) is 22.7. The molecule has 1 aromatic carbocycles. The number of anilines is 1. The van der Waals surface area contributed by atoms with Gasteiger partial charge in [0.1, 0.15) is 5.60 Å². The zero-order valence-corrected chi connectivity index (χ0v) is 19.5. The molecule has 0 amide bonds. The van der Waals surface area contributed by atoms with Crippen molar-refractivity contribution in [3.05, 3.63) is 64.4 Å². The van der Waals surface area contributed by atoms with Crippen molar-refractivity contribution in [1.29, 1.82) is 0 Å². The van der Waals surface area contributed by atoms with Gasteiger partial charge in [-0.1, -0.05) is 30.4 Å². The van der Waals surface area contributed by atoms with E-state index in [0.717, 1.165) is 24.5 Å². The molecule has 0 radical (unpaired) electrons. The zero-order chi connectivity index (χ0) is 19.1. The Bertz CT molecular complexity index is 781. The molecule has 152 valence electrons. The number of aliphatic imine (C=N–C) groups is 1. The number of halogens is 1. The minimum absolute atomic E-state index is 0. The standard InChI is InChI=1S/C21H28N4OS.HI/c1-3-22-20(24-16-21(2,26)19-10-7-13-27-19)23-15-17-8-6-9-18(14-17)25-11-4-5-12-25;/h4-10,13-14,26H,3,11-12,15-16H2,1-2H3,(H2,22,23,24);1H. The third-order valence-corrected chi connectivity index (χ3v) is 5.63. The highest BCUT2D eigenvalue weighted by Crippen LogP contribution is 2.24. The molecular formula is C21H29IN4OS. The number of hydrogen-bond donors (Lipinski definition) is 3. The van der Waals surface area contributed by atoms with Crippen molar-refractivity contribution in [1.82, 2.24) is 10.6 Å². The van der Waals surface area contributed by atoms with Gasteiger partial charge in [0.15, 0.2) is 5.96 Å². The normalized spacial score (nSPS) is 15.8. The van der Waals surface area contributed by atoms with Crippen LogP contribution in [-0.4, -0.2) is 37.2 Å². The monoisotopic (exact) mass is 512 g/mol. The summed E-state index contributed by atoms with van der Waals surface area (Å²) in [5.74, 6) is 0.711. The lowest BCUT2D eigenvalue weighted by atomic mass is 10.1. The molecule has 0 saturated heterocycles. The maximum absolute atomic E-state index is 10.7. The van der Waals surface area contributed by atoms with Gasteiger partial charge in [0.05, 0.1) is 13.1 Å². The summed E-state index contributed by atoms with van der Waals surface area (Å²) in [5.41, 5.74) is 1.47. The van der Waals surface area contributed by atoms with Crippen LogP contribution in [-0.2, 0) is 12.1 Å². The Morgan fingerprint density at radius 2 is 2.00 bits per heavy atom. The summed E-state index contributed by atoms with van der Waals surface area (Å²) in [6, 6.07) is 12.4. The minimum Gasteiger partial charge on any atom is -0.383 e. The summed E-state index contributed by atoms with van der Waals surface area (Å²) < 4.78 is 0. The quantitative estimate of drug-likeness (QED) is 0.229. The van der Waals surface area contributed by atoms with E-state index in [-0.39, 0.29) is 24.0 Å². The van der Waals surface area contributed by atoms with Gasteiger partial charge in [-0.2, -0.15) is 0 Å². The lowest BCUT2D eigenvalue weighted by Gasteiger charge is -2.23. The molecule has 1 aromatic heterocycles. The predicted molar refractivity (Wildman–Crippen MR) is 130 cm³/mol. The van der Waals surface area contributed by atoms with Crippen LogP contribution in [0.5, 0.6) is 0 Å². The first-order valence-electron chi connectivity index (χ1n) is 9.36. The van der Waals surface area contributed by atoms with E-state index in [4.69, 9.17) is 0 Å². The van der Waals surface area contributed by atoms with Crippen LogP contribution in [0, 0.1) is 0 Å². The molecule has 1 aliphatic heterocycles. The van der Waals surface area contributed by atoms with Crippen LogP contribution in [0.25, 0.3) is 0 Å². The number of aliphatic hydroxyl groups is 1. The molecular weight excluding hydrogens is 483 g/mol. The van der Waals surface area contributed by atoms with E-state index in [9.17, 15) is 5.11 Å². The zero-order valence-electron chi connectivity index (χ0n) is 16.4.